The summed E-state index contributed by atoms with van der Waals surface area (Å²) in [6.45, 7) is 17.0. The highest BCUT2D eigenvalue weighted by atomic mass is 16.5. The quantitative estimate of drug-likeness (QED) is 0.0942. The van der Waals surface area contributed by atoms with Gasteiger partial charge in [-0.15, -0.1) is 0 Å². The van der Waals surface area contributed by atoms with Crippen LogP contribution in [0.1, 0.15) is 63.8 Å². The first kappa shape index (κ1) is 34.3. The van der Waals surface area contributed by atoms with E-state index in [-0.39, 0.29) is 11.2 Å². The van der Waals surface area contributed by atoms with Gasteiger partial charge in [-0.3, -0.25) is 0 Å². The van der Waals surface area contributed by atoms with Crippen molar-refractivity contribution < 1.29 is 9.47 Å². The molecule has 0 aromatic heterocycles. The SMILES string of the molecule is Cc1ccc(/C=C/c2ccc(N(c3ccc(C)cc3)c3ccc4c5c(OC(C)(C)C)ccc6cccc(c7c(OC(C)(C)C)ccc3c47)c65)cc2)cc1. The lowest BCUT2D eigenvalue weighted by Gasteiger charge is -2.30. The van der Waals surface area contributed by atoms with Crippen LogP contribution in [0, 0.1) is 13.8 Å². The summed E-state index contributed by atoms with van der Waals surface area (Å²) in [5.74, 6) is 1.78. The summed E-state index contributed by atoms with van der Waals surface area (Å²) in [5, 5.41) is 9.28. The number of anilines is 3. The Hall–Kier alpha value is -5.80. The number of ether oxygens (including phenoxy) is 2. The molecule has 8 aromatic carbocycles. The highest BCUT2D eigenvalue weighted by Crippen LogP contribution is 2.51. The molecule has 53 heavy (non-hydrogen) atoms. The molecule has 0 saturated heterocycles. The van der Waals surface area contributed by atoms with Crippen LogP contribution in [0.3, 0.4) is 0 Å². The maximum atomic E-state index is 6.78. The fraction of sp³-hybridized carbons (Fsp3) is 0.200. The third kappa shape index (κ3) is 6.68. The van der Waals surface area contributed by atoms with E-state index in [1.807, 2.05) is 0 Å². The zero-order valence-corrected chi connectivity index (χ0v) is 32.0. The van der Waals surface area contributed by atoms with Gasteiger partial charge in [0.15, 0.2) is 0 Å². The first-order valence-corrected chi connectivity index (χ1v) is 18.6. The van der Waals surface area contributed by atoms with E-state index < -0.39 is 0 Å². The van der Waals surface area contributed by atoms with Crippen molar-refractivity contribution in [3.63, 3.8) is 0 Å². The lowest BCUT2D eigenvalue weighted by molar-refractivity contribution is 0.132. The Balaban J connectivity index is 1.39. The highest BCUT2D eigenvalue weighted by molar-refractivity contribution is 6.36. The number of rotatable bonds is 7. The predicted octanol–water partition coefficient (Wildman–Crippen LogP) is 14.3. The summed E-state index contributed by atoms with van der Waals surface area (Å²) in [7, 11) is 0. The van der Waals surface area contributed by atoms with Crippen LogP contribution in [0.4, 0.5) is 17.1 Å². The van der Waals surface area contributed by atoms with Crippen molar-refractivity contribution in [1.82, 2.24) is 0 Å². The molecule has 3 heteroatoms. The maximum Gasteiger partial charge on any atom is 0.128 e. The van der Waals surface area contributed by atoms with E-state index in [1.165, 1.54) is 32.8 Å². The van der Waals surface area contributed by atoms with Gasteiger partial charge < -0.3 is 14.4 Å². The van der Waals surface area contributed by atoms with Crippen LogP contribution >= 0.6 is 0 Å². The van der Waals surface area contributed by atoms with E-state index in [4.69, 9.17) is 9.47 Å². The molecule has 0 unspecified atom stereocenters. The summed E-state index contributed by atoms with van der Waals surface area (Å²) in [6.07, 6.45) is 4.35. The normalized spacial score (nSPS) is 12.5. The highest BCUT2D eigenvalue weighted by Gasteiger charge is 2.26. The van der Waals surface area contributed by atoms with E-state index in [1.54, 1.807) is 0 Å². The van der Waals surface area contributed by atoms with Crippen LogP contribution in [-0.4, -0.2) is 11.2 Å². The molecule has 3 nitrogen and oxygen atoms in total. The van der Waals surface area contributed by atoms with Crippen LogP contribution in [0.2, 0.25) is 0 Å². The lowest BCUT2D eigenvalue weighted by Crippen LogP contribution is -2.23. The van der Waals surface area contributed by atoms with Crippen molar-refractivity contribution in [3.05, 3.63) is 150 Å². The molecule has 0 saturated carbocycles. The number of aryl methyl sites for hydroxylation is 2. The van der Waals surface area contributed by atoms with Gasteiger partial charge in [0.2, 0.25) is 0 Å². The molecule has 0 N–H and O–H groups in total. The fourth-order valence-electron chi connectivity index (χ4n) is 7.47. The zero-order valence-electron chi connectivity index (χ0n) is 32.0. The first-order chi connectivity index (χ1) is 25.3. The number of fused-ring (bicyclic) bond motifs is 2. The molecule has 0 atom stereocenters. The topological polar surface area (TPSA) is 21.7 Å². The van der Waals surface area contributed by atoms with Gasteiger partial charge in [0.25, 0.3) is 0 Å². The smallest absolute Gasteiger partial charge is 0.128 e. The summed E-state index contributed by atoms with van der Waals surface area (Å²) in [4.78, 5) is 2.38. The minimum atomic E-state index is -0.378. The lowest BCUT2D eigenvalue weighted by atomic mass is 9.88. The van der Waals surface area contributed by atoms with Gasteiger partial charge in [0, 0.05) is 38.3 Å². The van der Waals surface area contributed by atoms with Gasteiger partial charge in [-0.05, 0) is 131 Å². The van der Waals surface area contributed by atoms with E-state index in [2.05, 4.69) is 200 Å². The Morgan fingerprint density at radius 1 is 0.434 bits per heavy atom. The minimum absolute atomic E-state index is 0.362. The number of benzene rings is 8. The Bertz CT molecular complexity index is 2620. The van der Waals surface area contributed by atoms with E-state index in [9.17, 15) is 0 Å². The summed E-state index contributed by atoms with van der Waals surface area (Å²) >= 11 is 0. The largest absolute Gasteiger partial charge is 0.487 e. The Morgan fingerprint density at radius 3 is 1.49 bits per heavy atom. The number of nitrogens with zero attached hydrogens (tertiary/aromatic N) is 1. The second-order valence-electron chi connectivity index (χ2n) is 16.3. The molecule has 0 spiro atoms. The number of hydrogen-bond donors (Lipinski definition) is 0. The van der Waals surface area contributed by atoms with Crippen molar-refractivity contribution in [3.8, 4) is 11.5 Å². The van der Waals surface area contributed by atoms with Crippen molar-refractivity contribution in [2.45, 2.75) is 66.6 Å². The fourth-order valence-corrected chi connectivity index (χ4v) is 7.47. The molecule has 0 aliphatic carbocycles. The summed E-state index contributed by atoms with van der Waals surface area (Å²) in [6, 6.07) is 46.2. The predicted molar refractivity (Wildman–Crippen MR) is 228 cm³/mol. The van der Waals surface area contributed by atoms with Crippen LogP contribution in [0.5, 0.6) is 11.5 Å². The number of hydrogen-bond acceptors (Lipinski definition) is 3. The average Bonchev–Trinajstić information content (AvgIpc) is 3.11. The van der Waals surface area contributed by atoms with Crippen molar-refractivity contribution in [2.24, 2.45) is 0 Å². The molecule has 264 valence electrons. The van der Waals surface area contributed by atoms with Crippen LogP contribution in [0.15, 0.2) is 127 Å². The van der Waals surface area contributed by atoms with Gasteiger partial charge in [0.1, 0.15) is 22.7 Å². The molecule has 8 aromatic rings. The molecular formula is C50H47NO2. The van der Waals surface area contributed by atoms with E-state index >= 15 is 0 Å². The molecule has 0 aliphatic heterocycles. The van der Waals surface area contributed by atoms with Crippen LogP contribution < -0.4 is 14.4 Å². The maximum absolute atomic E-state index is 6.78. The van der Waals surface area contributed by atoms with E-state index in [0.29, 0.717) is 0 Å². The van der Waals surface area contributed by atoms with Crippen molar-refractivity contribution in [2.75, 3.05) is 4.90 Å². The Kier molecular flexibility index (Phi) is 8.41. The van der Waals surface area contributed by atoms with Gasteiger partial charge in [-0.2, -0.15) is 0 Å². The van der Waals surface area contributed by atoms with Crippen LogP contribution in [-0.2, 0) is 0 Å². The molecule has 0 heterocycles. The zero-order chi connectivity index (χ0) is 37.1. The minimum Gasteiger partial charge on any atom is -0.487 e. The third-order valence-corrected chi connectivity index (χ3v) is 9.73. The Labute approximate surface area is 313 Å². The van der Waals surface area contributed by atoms with E-state index in [0.717, 1.165) is 61.1 Å². The molecule has 0 radical (unpaired) electrons. The van der Waals surface area contributed by atoms with Crippen molar-refractivity contribution in [1.29, 1.82) is 0 Å². The van der Waals surface area contributed by atoms with Gasteiger partial charge in [-0.25, -0.2) is 0 Å². The third-order valence-electron chi connectivity index (χ3n) is 9.73. The average molecular weight is 694 g/mol. The molecule has 0 fully saturated rings. The Morgan fingerprint density at radius 2 is 0.906 bits per heavy atom. The summed E-state index contributed by atoms with van der Waals surface area (Å²) < 4.78 is 13.5. The molecule has 8 rings (SSSR count). The van der Waals surface area contributed by atoms with Crippen molar-refractivity contribution >= 4 is 72.3 Å². The molecular weight excluding hydrogens is 647 g/mol. The standard InChI is InChI=1S/C50H47NO2/c1-32-12-16-34(17-13-32)18-19-35-20-25-38(26-21-35)51(37-23-14-33(2)15-24-37)42-29-27-41-46-39(42)28-31-44(53-50(6,7)8)48(46)40-11-9-10-36-22-30-43(47(41)45(36)40)52-49(3,4)5/h9-31H,1-8H3/b19-18+. The van der Waals surface area contributed by atoms with Gasteiger partial charge >= 0.3 is 0 Å². The second kappa shape index (κ2) is 13.0. The van der Waals surface area contributed by atoms with Crippen LogP contribution in [0.25, 0.3) is 55.2 Å². The molecule has 0 bridgehead atoms. The summed E-state index contributed by atoms with van der Waals surface area (Å²) in [5.41, 5.74) is 7.37. The molecule has 0 aliphatic rings. The first-order valence-electron chi connectivity index (χ1n) is 18.6. The second-order valence-corrected chi connectivity index (χ2v) is 16.3. The monoisotopic (exact) mass is 693 g/mol. The molecule has 0 amide bonds. The van der Waals surface area contributed by atoms with Gasteiger partial charge in [0.05, 0.1) is 5.69 Å². The van der Waals surface area contributed by atoms with Gasteiger partial charge in [-0.1, -0.05) is 102 Å².